The molecule has 0 amide bonds. The second kappa shape index (κ2) is 2.56. The Bertz CT molecular complexity index is 537. The minimum Gasteiger partial charge on any atom is -0.372 e. The summed E-state index contributed by atoms with van der Waals surface area (Å²) >= 11 is 4.43. The number of aromatic nitrogens is 1. The van der Waals surface area contributed by atoms with Crippen LogP contribution in [0.4, 0.5) is 0 Å². The van der Waals surface area contributed by atoms with Gasteiger partial charge in [0, 0.05) is 0 Å². The molecule has 12 heavy (non-hydrogen) atoms. The second-order valence-electron chi connectivity index (χ2n) is 2.10. The van der Waals surface area contributed by atoms with Crippen molar-refractivity contribution in [2.75, 3.05) is 0 Å². The summed E-state index contributed by atoms with van der Waals surface area (Å²) in [5.41, 5.74) is -0.0856. The first-order valence-electron chi connectivity index (χ1n) is 2.99. The predicted molar refractivity (Wildman–Crippen MR) is 48.7 cm³/mol. The number of halogens is 1. The summed E-state index contributed by atoms with van der Waals surface area (Å²) in [6.07, 6.45) is 0. The van der Waals surface area contributed by atoms with Gasteiger partial charge in [-0.1, -0.05) is 0 Å². The summed E-state index contributed by atoms with van der Waals surface area (Å²) in [6.45, 7) is 0. The Morgan fingerprint density at radius 2 is 2.25 bits per heavy atom. The van der Waals surface area contributed by atoms with Crippen LogP contribution in [0.5, 0.6) is 0 Å². The SMILES string of the molecule is O=c1[nH]c2cc(Br)sc2c(=O)o1. The number of hydrogen-bond acceptors (Lipinski definition) is 4. The molecule has 2 aromatic heterocycles. The van der Waals surface area contributed by atoms with E-state index in [1.165, 1.54) is 11.3 Å². The molecule has 0 saturated heterocycles. The van der Waals surface area contributed by atoms with E-state index in [2.05, 4.69) is 25.3 Å². The minimum absolute atomic E-state index is 0.418. The molecule has 0 aliphatic heterocycles. The Labute approximate surface area is 78.0 Å². The van der Waals surface area contributed by atoms with Gasteiger partial charge in [0.2, 0.25) is 0 Å². The van der Waals surface area contributed by atoms with Gasteiger partial charge in [-0.2, -0.15) is 0 Å². The number of H-pyrrole nitrogens is 1. The molecule has 0 aliphatic rings. The summed E-state index contributed by atoms with van der Waals surface area (Å²) in [5, 5.41) is 0. The Balaban J connectivity index is 3.08. The third-order valence-corrected chi connectivity index (χ3v) is 2.93. The Morgan fingerprint density at radius 1 is 1.50 bits per heavy atom. The average molecular weight is 248 g/mol. The molecule has 0 radical (unpaired) electrons. The molecule has 0 atom stereocenters. The largest absolute Gasteiger partial charge is 0.419 e. The molecule has 0 saturated carbocycles. The lowest BCUT2D eigenvalue weighted by molar-refractivity contribution is 0.461. The first-order chi connectivity index (χ1) is 5.66. The van der Waals surface area contributed by atoms with Crippen LogP contribution in [0.15, 0.2) is 23.9 Å². The topological polar surface area (TPSA) is 63.1 Å². The van der Waals surface area contributed by atoms with Crippen molar-refractivity contribution in [3.63, 3.8) is 0 Å². The van der Waals surface area contributed by atoms with Gasteiger partial charge < -0.3 is 4.42 Å². The molecule has 1 N–H and O–H groups in total. The van der Waals surface area contributed by atoms with Gasteiger partial charge in [0.1, 0.15) is 4.70 Å². The Kier molecular flexibility index (Phi) is 1.66. The molecule has 0 bridgehead atoms. The van der Waals surface area contributed by atoms with E-state index in [1.54, 1.807) is 6.07 Å². The molecule has 2 heterocycles. The van der Waals surface area contributed by atoms with Gasteiger partial charge in [0.25, 0.3) is 0 Å². The number of aromatic amines is 1. The molecule has 2 rings (SSSR count). The molecule has 4 nitrogen and oxygen atoms in total. The van der Waals surface area contributed by atoms with E-state index < -0.39 is 11.4 Å². The Morgan fingerprint density at radius 3 is 3.00 bits per heavy atom. The average Bonchev–Trinajstić information content (AvgIpc) is 2.29. The lowest BCUT2D eigenvalue weighted by atomic mass is 10.5. The monoisotopic (exact) mass is 247 g/mol. The van der Waals surface area contributed by atoms with E-state index in [4.69, 9.17) is 0 Å². The van der Waals surface area contributed by atoms with E-state index in [9.17, 15) is 9.59 Å². The van der Waals surface area contributed by atoms with Crippen LogP contribution in [0.2, 0.25) is 0 Å². The van der Waals surface area contributed by atoms with Crippen molar-refractivity contribution in [1.29, 1.82) is 0 Å². The van der Waals surface area contributed by atoms with E-state index in [0.29, 0.717) is 10.2 Å². The number of hydrogen-bond donors (Lipinski definition) is 1. The van der Waals surface area contributed by atoms with Crippen molar-refractivity contribution < 1.29 is 4.42 Å². The van der Waals surface area contributed by atoms with Gasteiger partial charge in [-0.3, -0.25) is 4.98 Å². The van der Waals surface area contributed by atoms with Crippen LogP contribution in [0.25, 0.3) is 10.2 Å². The quantitative estimate of drug-likeness (QED) is 0.764. The molecule has 0 aromatic carbocycles. The van der Waals surface area contributed by atoms with Crippen LogP contribution in [0.1, 0.15) is 0 Å². The maximum absolute atomic E-state index is 11.0. The highest BCUT2D eigenvalue weighted by molar-refractivity contribution is 9.11. The zero-order valence-corrected chi connectivity index (χ0v) is 7.99. The van der Waals surface area contributed by atoms with Crippen molar-refractivity contribution in [2.24, 2.45) is 0 Å². The van der Waals surface area contributed by atoms with Crippen LogP contribution >= 0.6 is 27.3 Å². The normalized spacial score (nSPS) is 10.8. The molecule has 6 heteroatoms. The maximum Gasteiger partial charge on any atom is 0.419 e. The molecular weight excluding hydrogens is 246 g/mol. The summed E-state index contributed by atoms with van der Waals surface area (Å²) in [4.78, 5) is 24.1. The van der Waals surface area contributed by atoms with Crippen molar-refractivity contribution in [2.45, 2.75) is 0 Å². The maximum atomic E-state index is 11.0. The molecule has 62 valence electrons. The highest BCUT2D eigenvalue weighted by atomic mass is 79.9. The predicted octanol–water partition coefficient (Wildman–Crippen LogP) is 1.31. The summed E-state index contributed by atoms with van der Waals surface area (Å²) < 4.78 is 5.53. The van der Waals surface area contributed by atoms with Gasteiger partial charge in [0.15, 0.2) is 0 Å². The standard InChI is InChI=1S/C6H2BrNO3S/c7-3-1-2-4(12-3)5(9)11-6(10)8-2/h1H,(H,8,10). The third kappa shape index (κ3) is 1.12. The fourth-order valence-corrected chi connectivity index (χ4v) is 2.30. The zero-order valence-electron chi connectivity index (χ0n) is 5.59. The van der Waals surface area contributed by atoms with Crippen LogP contribution in [-0.2, 0) is 0 Å². The molecule has 0 aliphatic carbocycles. The van der Waals surface area contributed by atoms with Gasteiger partial charge in [-0.05, 0) is 22.0 Å². The Hall–Kier alpha value is -0.880. The van der Waals surface area contributed by atoms with E-state index in [-0.39, 0.29) is 0 Å². The lowest BCUT2D eigenvalue weighted by Crippen LogP contribution is -2.12. The summed E-state index contributed by atoms with van der Waals surface area (Å²) in [7, 11) is 0. The van der Waals surface area contributed by atoms with Gasteiger partial charge in [0.05, 0.1) is 9.30 Å². The number of thiophene rings is 1. The van der Waals surface area contributed by atoms with Crippen LogP contribution in [-0.4, -0.2) is 4.98 Å². The van der Waals surface area contributed by atoms with Crippen molar-refractivity contribution in [3.8, 4) is 0 Å². The first-order valence-corrected chi connectivity index (χ1v) is 4.60. The molecule has 0 spiro atoms. The minimum atomic E-state index is -0.724. The van der Waals surface area contributed by atoms with Crippen molar-refractivity contribution in [3.05, 3.63) is 30.8 Å². The smallest absolute Gasteiger partial charge is 0.372 e. The molecule has 2 aromatic rings. The van der Waals surface area contributed by atoms with Crippen molar-refractivity contribution >= 4 is 37.5 Å². The van der Waals surface area contributed by atoms with E-state index in [1.807, 2.05) is 0 Å². The second-order valence-corrected chi connectivity index (χ2v) is 4.53. The fraction of sp³-hybridized carbons (Fsp3) is 0. The van der Waals surface area contributed by atoms with Crippen LogP contribution < -0.4 is 11.4 Å². The number of nitrogens with one attached hydrogen (secondary N) is 1. The van der Waals surface area contributed by atoms with E-state index in [0.717, 1.165) is 3.79 Å². The number of rotatable bonds is 0. The first kappa shape index (κ1) is 7.75. The number of fused-ring (bicyclic) bond motifs is 1. The van der Waals surface area contributed by atoms with Gasteiger partial charge in [-0.25, -0.2) is 9.59 Å². The third-order valence-electron chi connectivity index (χ3n) is 1.31. The van der Waals surface area contributed by atoms with Gasteiger partial charge in [-0.15, -0.1) is 11.3 Å². The van der Waals surface area contributed by atoms with Crippen LogP contribution in [0, 0.1) is 0 Å². The zero-order chi connectivity index (χ0) is 8.72. The van der Waals surface area contributed by atoms with Crippen LogP contribution in [0.3, 0.4) is 0 Å². The molecular formula is C6H2BrNO3S. The fourth-order valence-electron chi connectivity index (χ4n) is 0.871. The lowest BCUT2D eigenvalue weighted by Gasteiger charge is -1.82. The summed E-state index contributed by atoms with van der Waals surface area (Å²) in [6, 6.07) is 1.66. The molecule has 0 unspecified atom stereocenters. The van der Waals surface area contributed by atoms with E-state index >= 15 is 0 Å². The van der Waals surface area contributed by atoms with Gasteiger partial charge >= 0.3 is 11.4 Å². The highest BCUT2D eigenvalue weighted by Gasteiger charge is 2.05. The summed E-state index contributed by atoms with van der Waals surface area (Å²) in [5.74, 6) is -0.724. The highest BCUT2D eigenvalue weighted by Crippen LogP contribution is 2.24. The van der Waals surface area contributed by atoms with Crippen molar-refractivity contribution in [1.82, 2.24) is 4.98 Å². The molecule has 0 fully saturated rings.